The van der Waals surface area contributed by atoms with Crippen molar-refractivity contribution in [2.75, 3.05) is 32.8 Å². The van der Waals surface area contributed by atoms with Crippen LogP contribution in [0, 0.1) is 0 Å². The van der Waals surface area contributed by atoms with Crippen LogP contribution in [0.15, 0.2) is 0 Å². The Bertz CT molecular complexity index is 284. The number of piperidine rings is 1. The minimum absolute atomic E-state index is 0.0926. The molecule has 2 heterocycles. The lowest BCUT2D eigenvalue weighted by Crippen LogP contribution is -2.50. The molecule has 2 unspecified atom stereocenters. The third-order valence-electron chi connectivity index (χ3n) is 4.18. The van der Waals surface area contributed by atoms with Crippen LogP contribution in [-0.4, -0.2) is 61.8 Å². The molecular weight excluding hydrogens is 242 g/mol. The van der Waals surface area contributed by atoms with Crippen molar-refractivity contribution in [1.82, 2.24) is 15.5 Å². The lowest BCUT2D eigenvalue weighted by molar-refractivity contribution is -0.120. The minimum Gasteiger partial charge on any atom is -0.379 e. The average molecular weight is 269 g/mol. The Morgan fingerprint density at radius 3 is 2.79 bits per heavy atom. The number of carbonyl (C=O) groups excluding carboxylic acids is 1. The van der Waals surface area contributed by atoms with Gasteiger partial charge >= 0.3 is 0 Å². The van der Waals surface area contributed by atoms with Gasteiger partial charge in [0.05, 0.1) is 13.2 Å². The van der Waals surface area contributed by atoms with Crippen LogP contribution >= 0.6 is 0 Å². The first-order valence-corrected chi connectivity index (χ1v) is 7.47. The number of carbonyl (C=O) groups is 1. The normalized spacial score (nSPS) is 28.0. The van der Waals surface area contributed by atoms with E-state index in [2.05, 4.69) is 22.5 Å². The van der Waals surface area contributed by atoms with Gasteiger partial charge in [-0.3, -0.25) is 4.79 Å². The van der Waals surface area contributed by atoms with Crippen LogP contribution in [-0.2, 0) is 9.53 Å². The Kier molecular flexibility index (Phi) is 5.60. The third-order valence-corrected chi connectivity index (χ3v) is 4.18. The van der Waals surface area contributed by atoms with Gasteiger partial charge in [0, 0.05) is 44.7 Å². The summed E-state index contributed by atoms with van der Waals surface area (Å²) in [5.74, 6) is 0.0926. The Morgan fingerprint density at radius 1 is 1.47 bits per heavy atom. The molecule has 2 rings (SSSR count). The molecule has 2 aliphatic heterocycles. The number of hydrogen-bond donors (Lipinski definition) is 2. The van der Waals surface area contributed by atoms with E-state index in [0.717, 1.165) is 52.1 Å². The summed E-state index contributed by atoms with van der Waals surface area (Å²) in [6.45, 7) is 8.72. The first-order valence-electron chi connectivity index (χ1n) is 7.47. The largest absolute Gasteiger partial charge is 0.379 e. The van der Waals surface area contributed by atoms with Gasteiger partial charge in [0.25, 0.3) is 0 Å². The fraction of sp³-hybridized carbons (Fsp3) is 0.929. The smallest absolute Gasteiger partial charge is 0.217 e. The zero-order valence-corrected chi connectivity index (χ0v) is 12.2. The second-order valence-electron chi connectivity index (χ2n) is 5.82. The highest BCUT2D eigenvalue weighted by Gasteiger charge is 2.25. The predicted molar refractivity (Wildman–Crippen MR) is 75.1 cm³/mol. The summed E-state index contributed by atoms with van der Waals surface area (Å²) in [4.78, 5) is 13.6. The molecule has 0 radical (unpaired) electrons. The van der Waals surface area contributed by atoms with Crippen molar-refractivity contribution >= 4 is 5.91 Å². The molecule has 2 aliphatic rings. The van der Waals surface area contributed by atoms with Gasteiger partial charge in [-0.25, -0.2) is 0 Å². The molecule has 2 saturated heterocycles. The number of hydrogen-bond acceptors (Lipinski definition) is 4. The standard InChI is InChI=1S/C14H27N3O2/c1-11(9-14-10-19-8-5-15-14)17-6-3-13(4-7-17)16-12(2)18/h11,13-15H,3-10H2,1-2H3,(H,16,18). The Hall–Kier alpha value is -0.650. The van der Waals surface area contributed by atoms with Gasteiger partial charge in [-0.1, -0.05) is 0 Å². The van der Waals surface area contributed by atoms with Crippen molar-refractivity contribution in [2.45, 2.75) is 51.2 Å². The molecule has 0 aromatic heterocycles. The third kappa shape index (κ3) is 4.75. The predicted octanol–water partition coefficient (Wildman–Crippen LogP) is 0.354. The number of amides is 1. The van der Waals surface area contributed by atoms with Gasteiger partial charge in [0.2, 0.25) is 5.91 Å². The lowest BCUT2D eigenvalue weighted by Gasteiger charge is -2.38. The maximum atomic E-state index is 11.0. The van der Waals surface area contributed by atoms with Gasteiger partial charge in [0.15, 0.2) is 0 Å². The second-order valence-corrected chi connectivity index (χ2v) is 5.82. The molecule has 110 valence electrons. The minimum atomic E-state index is 0.0926. The summed E-state index contributed by atoms with van der Waals surface area (Å²) < 4.78 is 5.50. The van der Waals surface area contributed by atoms with E-state index in [1.54, 1.807) is 6.92 Å². The highest BCUT2D eigenvalue weighted by atomic mass is 16.5. The Morgan fingerprint density at radius 2 is 2.21 bits per heavy atom. The zero-order chi connectivity index (χ0) is 13.7. The molecule has 0 bridgehead atoms. The lowest BCUT2D eigenvalue weighted by atomic mass is 10.0. The maximum absolute atomic E-state index is 11.0. The average Bonchev–Trinajstić information content (AvgIpc) is 2.40. The first-order chi connectivity index (χ1) is 9.15. The van der Waals surface area contributed by atoms with E-state index in [0.29, 0.717) is 18.1 Å². The number of morpholine rings is 1. The molecule has 19 heavy (non-hydrogen) atoms. The van der Waals surface area contributed by atoms with E-state index in [1.165, 1.54) is 0 Å². The van der Waals surface area contributed by atoms with Gasteiger partial charge < -0.3 is 20.3 Å². The summed E-state index contributed by atoms with van der Waals surface area (Å²) in [6.07, 6.45) is 3.28. The van der Waals surface area contributed by atoms with Gasteiger partial charge in [-0.05, 0) is 26.2 Å². The van der Waals surface area contributed by atoms with Crippen molar-refractivity contribution in [2.24, 2.45) is 0 Å². The molecule has 0 spiro atoms. The van der Waals surface area contributed by atoms with Crippen LogP contribution in [0.1, 0.15) is 33.1 Å². The fourth-order valence-electron chi connectivity index (χ4n) is 3.10. The van der Waals surface area contributed by atoms with Crippen LogP contribution in [0.25, 0.3) is 0 Å². The molecule has 2 atom stereocenters. The summed E-state index contributed by atoms with van der Waals surface area (Å²) in [5.41, 5.74) is 0. The molecule has 0 aliphatic carbocycles. The molecule has 5 nitrogen and oxygen atoms in total. The summed E-state index contributed by atoms with van der Waals surface area (Å²) in [7, 11) is 0. The first kappa shape index (κ1) is 14.8. The van der Waals surface area contributed by atoms with E-state index in [1.807, 2.05) is 0 Å². The molecular formula is C14H27N3O2. The highest BCUT2D eigenvalue weighted by molar-refractivity contribution is 5.73. The molecule has 2 fully saturated rings. The quantitative estimate of drug-likeness (QED) is 0.773. The summed E-state index contributed by atoms with van der Waals surface area (Å²) in [6, 6.07) is 1.45. The number of nitrogens with one attached hydrogen (secondary N) is 2. The van der Waals surface area contributed by atoms with Crippen molar-refractivity contribution < 1.29 is 9.53 Å². The molecule has 2 N–H and O–H groups in total. The van der Waals surface area contributed by atoms with Gasteiger partial charge in [0.1, 0.15) is 0 Å². The number of nitrogens with zero attached hydrogens (tertiary/aromatic N) is 1. The van der Waals surface area contributed by atoms with Crippen molar-refractivity contribution in [1.29, 1.82) is 0 Å². The monoisotopic (exact) mass is 269 g/mol. The van der Waals surface area contributed by atoms with Crippen LogP contribution in [0.3, 0.4) is 0 Å². The topological polar surface area (TPSA) is 53.6 Å². The number of rotatable bonds is 4. The zero-order valence-electron chi connectivity index (χ0n) is 12.2. The fourth-order valence-corrected chi connectivity index (χ4v) is 3.10. The molecule has 0 saturated carbocycles. The van der Waals surface area contributed by atoms with Crippen molar-refractivity contribution in [3.63, 3.8) is 0 Å². The highest BCUT2D eigenvalue weighted by Crippen LogP contribution is 2.16. The van der Waals surface area contributed by atoms with E-state index in [9.17, 15) is 4.79 Å². The van der Waals surface area contributed by atoms with E-state index < -0.39 is 0 Å². The van der Waals surface area contributed by atoms with Crippen molar-refractivity contribution in [3.8, 4) is 0 Å². The van der Waals surface area contributed by atoms with Crippen LogP contribution in [0.2, 0.25) is 0 Å². The number of likely N-dealkylation sites (tertiary alicyclic amines) is 1. The molecule has 0 aromatic rings. The van der Waals surface area contributed by atoms with Crippen LogP contribution in [0.4, 0.5) is 0 Å². The Labute approximate surface area is 116 Å². The number of ether oxygens (including phenoxy) is 1. The summed E-state index contributed by atoms with van der Waals surface area (Å²) >= 11 is 0. The maximum Gasteiger partial charge on any atom is 0.217 e. The SMILES string of the molecule is CC(=O)NC1CCN(C(C)CC2COCCN2)CC1. The van der Waals surface area contributed by atoms with E-state index in [-0.39, 0.29) is 5.91 Å². The van der Waals surface area contributed by atoms with Crippen LogP contribution in [0.5, 0.6) is 0 Å². The van der Waals surface area contributed by atoms with Gasteiger partial charge in [-0.15, -0.1) is 0 Å². The molecule has 0 aromatic carbocycles. The second kappa shape index (κ2) is 7.22. The summed E-state index contributed by atoms with van der Waals surface area (Å²) in [5, 5.41) is 6.54. The Balaban J connectivity index is 1.69. The molecule has 1 amide bonds. The van der Waals surface area contributed by atoms with E-state index >= 15 is 0 Å². The molecule has 5 heteroatoms. The van der Waals surface area contributed by atoms with Crippen LogP contribution < -0.4 is 10.6 Å². The van der Waals surface area contributed by atoms with E-state index in [4.69, 9.17) is 4.74 Å². The van der Waals surface area contributed by atoms with Crippen molar-refractivity contribution in [3.05, 3.63) is 0 Å². The van der Waals surface area contributed by atoms with Gasteiger partial charge in [-0.2, -0.15) is 0 Å².